The Kier molecular flexibility index (Phi) is 1.78. The van der Waals surface area contributed by atoms with Gasteiger partial charge in [-0.3, -0.25) is 4.98 Å². The van der Waals surface area contributed by atoms with Gasteiger partial charge in [0.1, 0.15) is 0 Å². The van der Waals surface area contributed by atoms with Crippen LogP contribution < -0.4 is 0 Å². The van der Waals surface area contributed by atoms with E-state index in [4.69, 9.17) is 0 Å². The molecule has 2 heterocycles. The maximum atomic E-state index is 4.13. The first-order valence-electron chi connectivity index (χ1n) is 4.91. The van der Waals surface area contributed by atoms with E-state index in [0.717, 1.165) is 0 Å². The van der Waals surface area contributed by atoms with E-state index < -0.39 is 0 Å². The predicted octanol–water partition coefficient (Wildman–Crippen LogP) is 3.03. The molecule has 1 aromatic carbocycles. The number of pyridine rings is 1. The minimum Gasteiger partial charge on any atom is -0.323 e. The molecule has 0 aliphatic carbocycles. The Hall–Kier alpha value is -2.09. The van der Waals surface area contributed by atoms with E-state index in [2.05, 4.69) is 40.1 Å². The van der Waals surface area contributed by atoms with Gasteiger partial charge in [0.15, 0.2) is 0 Å². The third-order valence-corrected chi connectivity index (χ3v) is 2.54. The molecule has 72 valence electrons. The summed E-state index contributed by atoms with van der Waals surface area (Å²) in [4.78, 5) is 4.13. The van der Waals surface area contributed by atoms with Gasteiger partial charge in [0.25, 0.3) is 0 Å². The van der Waals surface area contributed by atoms with Gasteiger partial charge in [-0.25, -0.2) is 0 Å². The number of benzene rings is 1. The quantitative estimate of drug-likeness (QED) is 0.582. The summed E-state index contributed by atoms with van der Waals surface area (Å²) in [5.41, 5.74) is 1.19. The Morgan fingerprint density at radius 2 is 1.80 bits per heavy atom. The summed E-state index contributed by atoms with van der Waals surface area (Å²) in [7, 11) is 0. The van der Waals surface area contributed by atoms with Crippen LogP contribution >= 0.6 is 0 Å². The number of fused-ring (bicyclic) bond motifs is 1. The fourth-order valence-electron chi connectivity index (χ4n) is 1.83. The van der Waals surface area contributed by atoms with E-state index in [-0.39, 0.29) is 0 Å². The number of hydrogen-bond acceptors (Lipinski definition) is 1. The molecule has 0 saturated carbocycles. The molecule has 0 N–H and O–H groups in total. The minimum atomic E-state index is 1.17. The van der Waals surface area contributed by atoms with Crippen molar-refractivity contribution in [3.8, 4) is 5.69 Å². The van der Waals surface area contributed by atoms with Crippen molar-refractivity contribution in [2.45, 2.75) is 0 Å². The molecule has 0 bridgehead atoms. The molecule has 2 heteroatoms. The van der Waals surface area contributed by atoms with Gasteiger partial charge in [-0.05, 0) is 24.3 Å². The largest absolute Gasteiger partial charge is 0.323 e. The normalized spacial score (nSPS) is 10.7. The molecule has 0 unspecified atom stereocenters. The highest BCUT2D eigenvalue weighted by molar-refractivity contribution is 5.89. The molecule has 3 aromatic rings. The molecule has 0 saturated heterocycles. The van der Waals surface area contributed by atoms with Crippen molar-refractivity contribution >= 4 is 10.8 Å². The summed E-state index contributed by atoms with van der Waals surface area (Å²) in [5.74, 6) is 0. The van der Waals surface area contributed by atoms with Gasteiger partial charge >= 0.3 is 0 Å². The van der Waals surface area contributed by atoms with Gasteiger partial charge in [-0.2, -0.15) is 0 Å². The van der Waals surface area contributed by atoms with Crippen molar-refractivity contribution in [2.24, 2.45) is 0 Å². The number of rotatable bonds is 1. The summed E-state index contributed by atoms with van der Waals surface area (Å²) in [5, 5.41) is 2.40. The maximum Gasteiger partial charge on any atom is 0.0528 e. The number of nitrogens with zero attached hydrogens (tertiary/aromatic N) is 2. The summed E-state index contributed by atoms with van der Waals surface area (Å²) < 4.78 is 2.11. The molecule has 3 rings (SSSR count). The van der Waals surface area contributed by atoms with Crippen LogP contribution in [0.4, 0.5) is 0 Å². The SMILES string of the molecule is c1cc(-n2cccc2)c2ccncc2c1. The van der Waals surface area contributed by atoms with Crippen molar-refractivity contribution in [1.29, 1.82) is 0 Å². The Balaban J connectivity index is 2.36. The Bertz CT molecular complexity index is 577. The Morgan fingerprint density at radius 3 is 2.67 bits per heavy atom. The monoisotopic (exact) mass is 194 g/mol. The van der Waals surface area contributed by atoms with Crippen LogP contribution in [0.15, 0.2) is 61.2 Å². The second-order valence-corrected chi connectivity index (χ2v) is 3.46. The van der Waals surface area contributed by atoms with E-state index in [1.54, 1.807) is 0 Å². The van der Waals surface area contributed by atoms with Crippen LogP contribution in [0.2, 0.25) is 0 Å². The molecular formula is C13H10N2. The van der Waals surface area contributed by atoms with Gasteiger partial charge in [0, 0.05) is 35.6 Å². The lowest BCUT2D eigenvalue weighted by Crippen LogP contribution is -1.90. The molecule has 2 nitrogen and oxygen atoms in total. The lowest BCUT2D eigenvalue weighted by atomic mass is 10.1. The van der Waals surface area contributed by atoms with Crippen LogP contribution in [-0.4, -0.2) is 9.55 Å². The highest BCUT2D eigenvalue weighted by Gasteiger charge is 2.00. The third kappa shape index (κ3) is 1.31. The molecule has 15 heavy (non-hydrogen) atoms. The molecule has 2 aromatic heterocycles. The van der Waals surface area contributed by atoms with Crippen molar-refractivity contribution in [3.63, 3.8) is 0 Å². The average molecular weight is 194 g/mol. The van der Waals surface area contributed by atoms with Crippen LogP contribution in [-0.2, 0) is 0 Å². The average Bonchev–Trinajstić information content (AvgIpc) is 2.82. The van der Waals surface area contributed by atoms with Crippen LogP contribution in [0.5, 0.6) is 0 Å². The zero-order valence-corrected chi connectivity index (χ0v) is 8.17. The second kappa shape index (κ2) is 3.24. The molecule has 0 spiro atoms. The van der Waals surface area contributed by atoms with Gasteiger partial charge in [0.2, 0.25) is 0 Å². The van der Waals surface area contributed by atoms with Gasteiger partial charge in [0.05, 0.1) is 5.69 Å². The third-order valence-electron chi connectivity index (χ3n) is 2.54. The first kappa shape index (κ1) is 8.24. The molecule has 0 aliphatic heterocycles. The molecule has 0 atom stereocenters. The second-order valence-electron chi connectivity index (χ2n) is 3.46. The van der Waals surface area contributed by atoms with E-state index in [1.165, 1.54) is 16.5 Å². The lowest BCUT2D eigenvalue weighted by molar-refractivity contribution is 1.09. The highest BCUT2D eigenvalue weighted by Crippen LogP contribution is 2.20. The van der Waals surface area contributed by atoms with Crippen LogP contribution in [0.1, 0.15) is 0 Å². The molecule has 0 fully saturated rings. The summed E-state index contributed by atoms with van der Waals surface area (Å²) in [6.07, 6.45) is 7.82. The number of hydrogen-bond donors (Lipinski definition) is 0. The van der Waals surface area contributed by atoms with Crippen molar-refractivity contribution in [3.05, 3.63) is 61.2 Å². The van der Waals surface area contributed by atoms with Crippen molar-refractivity contribution in [1.82, 2.24) is 9.55 Å². The maximum absolute atomic E-state index is 4.13. The smallest absolute Gasteiger partial charge is 0.0528 e. The van der Waals surface area contributed by atoms with E-state index in [0.29, 0.717) is 0 Å². The predicted molar refractivity (Wildman–Crippen MR) is 61.1 cm³/mol. The molecular weight excluding hydrogens is 184 g/mol. The van der Waals surface area contributed by atoms with Crippen LogP contribution in [0.25, 0.3) is 16.5 Å². The van der Waals surface area contributed by atoms with Crippen molar-refractivity contribution < 1.29 is 0 Å². The Labute approximate surface area is 87.8 Å². The summed E-state index contributed by atoms with van der Waals surface area (Å²) in [6, 6.07) is 12.3. The zero-order chi connectivity index (χ0) is 10.1. The molecule has 0 aliphatic rings. The zero-order valence-electron chi connectivity index (χ0n) is 8.17. The van der Waals surface area contributed by atoms with Crippen LogP contribution in [0.3, 0.4) is 0 Å². The number of aromatic nitrogens is 2. The van der Waals surface area contributed by atoms with Gasteiger partial charge in [-0.15, -0.1) is 0 Å². The van der Waals surface area contributed by atoms with E-state index in [1.807, 2.05) is 30.6 Å². The lowest BCUT2D eigenvalue weighted by Gasteiger charge is -2.06. The summed E-state index contributed by atoms with van der Waals surface area (Å²) in [6.45, 7) is 0. The summed E-state index contributed by atoms with van der Waals surface area (Å²) >= 11 is 0. The first-order chi connectivity index (χ1) is 7.45. The van der Waals surface area contributed by atoms with Gasteiger partial charge < -0.3 is 4.57 Å². The fraction of sp³-hybridized carbons (Fsp3) is 0. The van der Waals surface area contributed by atoms with E-state index in [9.17, 15) is 0 Å². The molecule has 0 radical (unpaired) electrons. The standard InChI is InChI=1S/C13H10N2/c1-2-9-15(8-1)13-5-3-4-11-10-14-7-6-12(11)13/h1-10H. The minimum absolute atomic E-state index is 1.17. The van der Waals surface area contributed by atoms with Crippen LogP contribution in [0, 0.1) is 0 Å². The highest BCUT2D eigenvalue weighted by atomic mass is 14.9. The molecule has 0 amide bonds. The van der Waals surface area contributed by atoms with Gasteiger partial charge in [-0.1, -0.05) is 12.1 Å². The fourth-order valence-corrected chi connectivity index (χ4v) is 1.83. The first-order valence-corrected chi connectivity index (χ1v) is 4.91. The van der Waals surface area contributed by atoms with Crippen molar-refractivity contribution in [2.75, 3.05) is 0 Å². The van der Waals surface area contributed by atoms with E-state index >= 15 is 0 Å². The topological polar surface area (TPSA) is 17.8 Å². The Morgan fingerprint density at radius 1 is 0.933 bits per heavy atom.